The molecule has 4 rings (SSSR count). The first-order valence-electron chi connectivity index (χ1n) is 9.62. The van der Waals surface area contributed by atoms with E-state index in [1.165, 1.54) is 5.56 Å². The molecule has 1 saturated heterocycles. The van der Waals surface area contributed by atoms with E-state index in [1.807, 2.05) is 18.2 Å². The summed E-state index contributed by atoms with van der Waals surface area (Å²) in [5.74, 6) is -0.0973. The molecule has 3 aromatic rings. The maximum Gasteiger partial charge on any atom is 0.306 e. The number of nitrogens with zero attached hydrogens (tertiary/aromatic N) is 3. The average Bonchev–Trinajstić information content (AvgIpc) is 3.06. The van der Waals surface area contributed by atoms with E-state index in [0.717, 1.165) is 48.0 Å². The molecule has 0 spiro atoms. The fraction of sp³-hybridized carbons (Fsp3) is 0.364. The summed E-state index contributed by atoms with van der Waals surface area (Å²) in [5, 5.41) is 9.25. The molecule has 1 N–H and O–H groups in total. The van der Waals surface area contributed by atoms with Crippen molar-refractivity contribution in [1.82, 2.24) is 14.3 Å². The summed E-state index contributed by atoms with van der Waals surface area (Å²) in [4.78, 5) is 18.5. The van der Waals surface area contributed by atoms with Crippen LogP contribution in [-0.2, 0) is 11.3 Å². The summed E-state index contributed by atoms with van der Waals surface area (Å²) >= 11 is 0. The SMILES string of the molecule is COc1cccc(-c2nc3cc(C)ccn3c2CN2CCC(C(=O)O)CC2)c1. The Balaban J connectivity index is 1.70. The van der Waals surface area contributed by atoms with Crippen molar-refractivity contribution in [3.63, 3.8) is 0 Å². The smallest absolute Gasteiger partial charge is 0.306 e. The molecule has 0 radical (unpaired) electrons. The third-order valence-electron chi connectivity index (χ3n) is 5.53. The fourth-order valence-electron chi connectivity index (χ4n) is 3.90. The van der Waals surface area contributed by atoms with E-state index in [9.17, 15) is 9.90 Å². The highest BCUT2D eigenvalue weighted by Crippen LogP contribution is 2.29. The molecule has 0 amide bonds. The number of aromatic nitrogens is 2. The monoisotopic (exact) mass is 379 g/mol. The minimum atomic E-state index is -0.679. The third-order valence-corrected chi connectivity index (χ3v) is 5.53. The number of pyridine rings is 1. The number of benzene rings is 1. The zero-order valence-corrected chi connectivity index (χ0v) is 16.3. The molecule has 146 valence electrons. The molecule has 0 unspecified atom stereocenters. The van der Waals surface area contributed by atoms with Crippen LogP contribution in [0.5, 0.6) is 5.75 Å². The molecular formula is C22H25N3O3. The number of rotatable bonds is 5. The molecule has 1 aromatic carbocycles. The average molecular weight is 379 g/mol. The lowest BCUT2D eigenvalue weighted by Gasteiger charge is -2.30. The van der Waals surface area contributed by atoms with Gasteiger partial charge in [-0.1, -0.05) is 12.1 Å². The lowest BCUT2D eigenvalue weighted by atomic mass is 9.97. The number of hydrogen-bond acceptors (Lipinski definition) is 4. The molecule has 1 fully saturated rings. The zero-order chi connectivity index (χ0) is 19.7. The Morgan fingerprint density at radius 1 is 1.25 bits per heavy atom. The van der Waals surface area contributed by atoms with E-state index in [0.29, 0.717) is 12.8 Å². The van der Waals surface area contributed by atoms with Crippen molar-refractivity contribution in [1.29, 1.82) is 0 Å². The predicted octanol–water partition coefficient (Wildman–Crippen LogP) is 3.61. The van der Waals surface area contributed by atoms with Crippen LogP contribution in [0, 0.1) is 12.8 Å². The molecule has 6 nitrogen and oxygen atoms in total. The van der Waals surface area contributed by atoms with Crippen LogP contribution in [0.2, 0.25) is 0 Å². The highest BCUT2D eigenvalue weighted by atomic mass is 16.5. The first kappa shape index (κ1) is 18.5. The highest BCUT2D eigenvalue weighted by molar-refractivity contribution is 5.70. The van der Waals surface area contributed by atoms with Gasteiger partial charge in [0.05, 0.1) is 24.4 Å². The van der Waals surface area contributed by atoms with Crippen LogP contribution in [-0.4, -0.2) is 45.6 Å². The molecule has 28 heavy (non-hydrogen) atoms. The van der Waals surface area contributed by atoms with Gasteiger partial charge in [0, 0.05) is 18.3 Å². The topological polar surface area (TPSA) is 67.1 Å². The Bertz CT molecular complexity index is 1000. The molecule has 0 aliphatic carbocycles. The van der Waals surface area contributed by atoms with E-state index in [2.05, 4.69) is 40.6 Å². The number of fused-ring (bicyclic) bond motifs is 1. The Kier molecular flexibility index (Phi) is 5.05. The molecule has 6 heteroatoms. The number of aliphatic carboxylic acids is 1. The van der Waals surface area contributed by atoms with Gasteiger partial charge in [-0.2, -0.15) is 0 Å². The molecular weight excluding hydrogens is 354 g/mol. The maximum atomic E-state index is 11.2. The Morgan fingerprint density at radius 2 is 2.04 bits per heavy atom. The van der Waals surface area contributed by atoms with Crippen molar-refractivity contribution in [2.75, 3.05) is 20.2 Å². The number of likely N-dealkylation sites (tertiary alicyclic amines) is 1. The molecule has 0 saturated carbocycles. The predicted molar refractivity (Wildman–Crippen MR) is 108 cm³/mol. The van der Waals surface area contributed by atoms with E-state index < -0.39 is 5.97 Å². The van der Waals surface area contributed by atoms with Gasteiger partial charge in [0.2, 0.25) is 0 Å². The fourth-order valence-corrected chi connectivity index (χ4v) is 3.90. The van der Waals surface area contributed by atoms with Crippen LogP contribution in [0.1, 0.15) is 24.1 Å². The summed E-state index contributed by atoms with van der Waals surface area (Å²) in [6.07, 6.45) is 3.46. The Morgan fingerprint density at radius 3 is 2.75 bits per heavy atom. The number of hydrogen-bond donors (Lipinski definition) is 1. The van der Waals surface area contributed by atoms with Crippen molar-refractivity contribution in [3.8, 4) is 17.0 Å². The van der Waals surface area contributed by atoms with E-state index in [4.69, 9.17) is 9.72 Å². The maximum absolute atomic E-state index is 11.2. The number of ether oxygens (including phenoxy) is 1. The largest absolute Gasteiger partial charge is 0.497 e. The van der Waals surface area contributed by atoms with Gasteiger partial charge in [0.25, 0.3) is 0 Å². The van der Waals surface area contributed by atoms with Crippen molar-refractivity contribution >= 4 is 11.6 Å². The first-order valence-corrected chi connectivity index (χ1v) is 9.62. The van der Waals surface area contributed by atoms with Crippen LogP contribution >= 0.6 is 0 Å². The number of aryl methyl sites for hydroxylation is 1. The molecule has 1 aliphatic rings. The van der Waals surface area contributed by atoms with Gasteiger partial charge >= 0.3 is 5.97 Å². The molecule has 0 bridgehead atoms. The van der Waals surface area contributed by atoms with Crippen molar-refractivity contribution < 1.29 is 14.6 Å². The summed E-state index contributed by atoms with van der Waals surface area (Å²) in [7, 11) is 1.67. The van der Waals surface area contributed by atoms with Gasteiger partial charge in [0.1, 0.15) is 11.4 Å². The summed E-state index contributed by atoms with van der Waals surface area (Å²) in [5.41, 5.74) is 5.19. The highest BCUT2D eigenvalue weighted by Gasteiger charge is 2.26. The molecule has 3 heterocycles. The van der Waals surface area contributed by atoms with Crippen molar-refractivity contribution in [2.24, 2.45) is 5.92 Å². The Labute approximate surface area is 164 Å². The Hall–Kier alpha value is -2.86. The van der Waals surface area contributed by atoms with Crippen LogP contribution < -0.4 is 4.74 Å². The summed E-state index contributed by atoms with van der Waals surface area (Å²) < 4.78 is 7.54. The summed E-state index contributed by atoms with van der Waals surface area (Å²) in [6, 6.07) is 12.1. The van der Waals surface area contributed by atoms with E-state index in [-0.39, 0.29) is 5.92 Å². The van der Waals surface area contributed by atoms with Crippen LogP contribution in [0.15, 0.2) is 42.6 Å². The van der Waals surface area contributed by atoms with Crippen molar-refractivity contribution in [2.45, 2.75) is 26.3 Å². The second-order valence-electron chi connectivity index (χ2n) is 7.46. The second kappa shape index (κ2) is 7.64. The van der Waals surface area contributed by atoms with Crippen molar-refractivity contribution in [3.05, 3.63) is 53.9 Å². The van der Waals surface area contributed by atoms with Gasteiger partial charge in [-0.3, -0.25) is 9.69 Å². The standard InChI is InChI=1S/C22H25N3O3/c1-15-6-11-25-19(14-24-9-7-16(8-10-24)22(26)27)21(23-20(25)12-15)17-4-3-5-18(13-17)28-2/h3-6,11-13,16H,7-10,14H2,1-2H3,(H,26,27). The number of methoxy groups -OCH3 is 1. The zero-order valence-electron chi connectivity index (χ0n) is 16.3. The number of carboxylic acids is 1. The number of carboxylic acid groups (broad SMARTS) is 1. The lowest BCUT2D eigenvalue weighted by Crippen LogP contribution is -2.36. The minimum absolute atomic E-state index is 0.223. The number of carbonyl (C=O) groups is 1. The number of imidazole rings is 1. The normalized spacial score (nSPS) is 15.8. The van der Waals surface area contributed by atoms with E-state index in [1.54, 1.807) is 7.11 Å². The van der Waals surface area contributed by atoms with Gasteiger partial charge < -0.3 is 14.2 Å². The third kappa shape index (κ3) is 3.60. The lowest BCUT2D eigenvalue weighted by molar-refractivity contribution is -0.143. The van der Waals surface area contributed by atoms with Crippen LogP contribution in [0.4, 0.5) is 0 Å². The second-order valence-corrected chi connectivity index (χ2v) is 7.46. The number of piperidine rings is 1. The quantitative estimate of drug-likeness (QED) is 0.733. The van der Waals surface area contributed by atoms with Gasteiger partial charge in [0.15, 0.2) is 0 Å². The molecule has 0 atom stereocenters. The molecule has 1 aliphatic heterocycles. The van der Waals surface area contributed by atoms with Crippen LogP contribution in [0.25, 0.3) is 16.9 Å². The van der Waals surface area contributed by atoms with E-state index >= 15 is 0 Å². The minimum Gasteiger partial charge on any atom is -0.497 e. The molecule has 2 aromatic heterocycles. The van der Waals surface area contributed by atoms with Gasteiger partial charge in [-0.25, -0.2) is 4.98 Å². The first-order chi connectivity index (χ1) is 13.5. The summed E-state index contributed by atoms with van der Waals surface area (Å²) in [6.45, 7) is 4.38. The van der Waals surface area contributed by atoms with Gasteiger partial charge in [-0.05, 0) is 62.7 Å². The van der Waals surface area contributed by atoms with Gasteiger partial charge in [-0.15, -0.1) is 0 Å². The van der Waals surface area contributed by atoms with Crippen LogP contribution in [0.3, 0.4) is 0 Å².